The van der Waals surface area contributed by atoms with Crippen LogP contribution in [0.2, 0.25) is 0 Å². The maximum atomic E-state index is 10.1. The van der Waals surface area contributed by atoms with Crippen molar-refractivity contribution in [3.05, 3.63) is 33.9 Å². The Bertz CT molecular complexity index is 382. The van der Waals surface area contributed by atoms with Crippen LogP contribution in [0.25, 0.3) is 0 Å². The Morgan fingerprint density at radius 2 is 2.31 bits per heavy atom. The lowest BCUT2D eigenvalue weighted by molar-refractivity contribution is -0.711. The van der Waals surface area contributed by atoms with Crippen molar-refractivity contribution in [2.24, 2.45) is 0 Å². The third kappa shape index (κ3) is 3.07. The number of phenols is 1. The highest BCUT2D eigenvalue weighted by atomic mass is 17.0. The van der Waals surface area contributed by atoms with Crippen molar-refractivity contribution in [2.45, 2.75) is 6.10 Å². The van der Waals surface area contributed by atoms with Crippen molar-refractivity contribution < 1.29 is 20.1 Å². The minimum absolute atomic E-state index is 0.294. The zero-order valence-electron chi connectivity index (χ0n) is 8.58. The van der Waals surface area contributed by atoms with Crippen molar-refractivity contribution in [2.75, 3.05) is 13.6 Å². The summed E-state index contributed by atoms with van der Waals surface area (Å²) in [5.41, 5.74) is 0.420. The molecule has 3 N–H and O–H groups in total. The van der Waals surface area contributed by atoms with Crippen LogP contribution in [0.15, 0.2) is 18.2 Å². The van der Waals surface area contributed by atoms with E-state index in [0.29, 0.717) is 12.1 Å². The van der Waals surface area contributed by atoms with Gasteiger partial charge in [0.1, 0.15) is 5.75 Å². The van der Waals surface area contributed by atoms with E-state index >= 15 is 0 Å². The zero-order valence-corrected chi connectivity index (χ0v) is 8.58. The molecule has 0 fully saturated rings. The number of rotatable bonds is 5. The Balaban J connectivity index is 2.92. The van der Waals surface area contributed by atoms with Crippen LogP contribution in [0, 0.1) is 10.1 Å². The molecule has 0 spiro atoms. The van der Waals surface area contributed by atoms with Gasteiger partial charge in [-0.3, -0.25) is 4.84 Å². The standard InChI is InChI=1S/C9H12N2O5/c1-10-5-8(13)6-2-3-7(12)9(4-6)16-11(14)15/h2-4,8,10,12-13H,5H2,1H3. The van der Waals surface area contributed by atoms with Gasteiger partial charge in [-0.1, -0.05) is 6.07 Å². The maximum Gasteiger partial charge on any atom is 0.299 e. The molecule has 1 aromatic rings. The number of benzene rings is 1. The fraction of sp³-hybridized carbons (Fsp3) is 0.333. The number of hydrogen-bond donors (Lipinski definition) is 3. The molecule has 7 heteroatoms. The molecule has 0 bridgehead atoms. The summed E-state index contributed by atoms with van der Waals surface area (Å²) in [6.45, 7) is 0.294. The van der Waals surface area contributed by atoms with Gasteiger partial charge in [-0.05, 0) is 24.7 Å². The Morgan fingerprint density at radius 1 is 1.62 bits per heavy atom. The molecule has 0 aliphatic heterocycles. The molecule has 16 heavy (non-hydrogen) atoms. The highest BCUT2D eigenvalue weighted by Crippen LogP contribution is 2.29. The minimum atomic E-state index is -1.02. The van der Waals surface area contributed by atoms with Gasteiger partial charge in [0, 0.05) is 6.54 Å². The summed E-state index contributed by atoms with van der Waals surface area (Å²) in [5.74, 6) is -0.644. The molecule has 1 aromatic carbocycles. The molecule has 0 aliphatic carbocycles. The van der Waals surface area contributed by atoms with E-state index in [1.54, 1.807) is 7.05 Å². The van der Waals surface area contributed by atoms with E-state index in [1.165, 1.54) is 18.2 Å². The summed E-state index contributed by atoms with van der Waals surface area (Å²) in [6, 6.07) is 3.91. The van der Waals surface area contributed by atoms with E-state index in [9.17, 15) is 20.3 Å². The molecular formula is C9H12N2O5. The van der Waals surface area contributed by atoms with Crippen LogP contribution < -0.4 is 10.2 Å². The summed E-state index contributed by atoms with van der Waals surface area (Å²) < 4.78 is 0. The average molecular weight is 228 g/mol. The molecule has 0 saturated carbocycles. The second-order valence-electron chi connectivity index (χ2n) is 3.12. The Morgan fingerprint density at radius 3 is 2.88 bits per heavy atom. The lowest BCUT2D eigenvalue weighted by Gasteiger charge is -2.11. The van der Waals surface area contributed by atoms with Crippen LogP contribution >= 0.6 is 0 Å². The number of nitrogens with zero attached hydrogens (tertiary/aromatic N) is 1. The number of aliphatic hydroxyl groups is 1. The summed E-state index contributed by atoms with van der Waals surface area (Å²) in [5, 5.41) is 30.7. The maximum absolute atomic E-state index is 10.1. The van der Waals surface area contributed by atoms with Crippen LogP contribution in [-0.4, -0.2) is 28.9 Å². The van der Waals surface area contributed by atoms with Crippen molar-refractivity contribution in [1.82, 2.24) is 5.32 Å². The van der Waals surface area contributed by atoms with Gasteiger partial charge in [-0.2, -0.15) is 0 Å². The molecule has 1 unspecified atom stereocenters. The highest BCUT2D eigenvalue weighted by molar-refractivity contribution is 5.42. The van der Waals surface area contributed by atoms with E-state index in [0.717, 1.165) is 0 Å². The molecule has 0 heterocycles. The first-order chi connectivity index (χ1) is 7.54. The number of aromatic hydroxyl groups is 1. The summed E-state index contributed by atoms with van der Waals surface area (Å²) in [7, 11) is 1.66. The average Bonchev–Trinajstić information content (AvgIpc) is 2.21. The molecule has 0 amide bonds. The first kappa shape index (κ1) is 12.2. The third-order valence-electron chi connectivity index (χ3n) is 1.94. The van der Waals surface area contributed by atoms with Gasteiger partial charge in [-0.25, -0.2) is 0 Å². The molecule has 7 nitrogen and oxygen atoms in total. The summed E-state index contributed by atoms with van der Waals surface area (Å²) in [4.78, 5) is 14.3. The van der Waals surface area contributed by atoms with E-state index in [1.807, 2.05) is 0 Å². The number of aliphatic hydroxyl groups excluding tert-OH is 1. The van der Waals surface area contributed by atoms with Crippen LogP contribution in [0.3, 0.4) is 0 Å². The fourth-order valence-corrected chi connectivity index (χ4v) is 1.20. The molecule has 0 radical (unpaired) electrons. The van der Waals surface area contributed by atoms with E-state index < -0.39 is 11.2 Å². The van der Waals surface area contributed by atoms with E-state index in [-0.39, 0.29) is 11.5 Å². The van der Waals surface area contributed by atoms with Gasteiger partial charge >= 0.3 is 0 Å². The van der Waals surface area contributed by atoms with Gasteiger partial charge in [0.05, 0.1) is 6.10 Å². The topological polar surface area (TPSA) is 105 Å². The second-order valence-corrected chi connectivity index (χ2v) is 3.12. The summed E-state index contributed by atoms with van der Waals surface area (Å²) in [6.07, 6.45) is -0.820. The monoisotopic (exact) mass is 228 g/mol. The van der Waals surface area contributed by atoms with Crippen molar-refractivity contribution >= 4 is 0 Å². The summed E-state index contributed by atoms with van der Waals surface area (Å²) >= 11 is 0. The molecular weight excluding hydrogens is 216 g/mol. The Labute approximate surface area is 91.4 Å². The number of hydrogen-bond acceptors (Lipinski definition) is 6. The van der Waals surface area contributed by atoms with Gasteiger partial charge in [0.15, 0.2) is 5.75 Å². The Kier molecular flexibility index (Phi) is 4.03. The minimum Gasteiger partial charge on any atom is -0.506 e. The predicted octanol–water partition coefficient (Wildman–Crippen LogP) is 0.216. The third-order valence-corrected chi connectivity index (χ3v) is 1.94. The van der Waals surface area contributed by atoms with Crippen molar-refractivity contribution in [1.29, 1.82) is 0 Å². The number of nitrogens with one attached hydrogen (secondary N) is 1. The lowest BCUT2D eigenvalue weighted by atomic mass is 10.1. The second kappa shape index (κ2) is 5.29. The van der Waals surface area contributed by atoms with Gasteiger partial charge in [0.25, 0.3) is 5.09 Å². The fourth-order valence-electron chi connectivity index (χ4n) is 1.20. The lowest BCUT2D eigenvalue weighted by Crippen LogP contribution is -2.16. The van der Waals surface area contributed by atoms with Crippen LogP contribution in [0.4, 0.5) is 0 Å². The van der Waals surface area contributed by atoms with Gasteiger partial charge in [-0.15, -0.1) is 10.1 Å². The first-order valence-electron chi connectivity index (χ1n) is 4.52. The molecule has 0 aliphatic rings. The molecule has 88 valence electrons. The molecule has 1 atom stereocenters. The van der Waals surface area contributed by atoms with Crippen molar-refractivity contribution in [3.8, 4) is 11.5 Å². The normalized spacial score (nSPS) is 12.1. The molecule has 1 rings (SSSR count). The zero-order chi connectivity index (χ0) is 12.1. The van der Waals surface area contributed by atoms with Crippen LogP contribution in [0.5, 0.6) is 11.5 Å². The largest absolute Gasteiger partial charge is 0.506 e. The molecule has 0 saturated heterocycles. The van der Waals surface area contributed by atoms with E-state index in [2.05, 4.69) is 10.2 Å². The Hall–Kier alpha value is -1.86. The van der Waals surface area contributed by atoms with Gasteiger partial charge < -0.3 is 15.5 Å². The van der Waals surface area contributed by atoms with Crippen LogP contribution in [0.1, 0.15) is 11.7 Å². The van der Waals surface area contributed by atoms with Crippen LogP contribution in [-0.2, 0) is 0 Å². The highest BCUT2D eigenvalue weighted by Gasteiger charge is 2.12. The first-order valence-corrected chi connectivity index (χ1v) is 4.52. The quantitative estimate of drug-likeness (QED) is 0.491. The number of phenolic OH excluding ortho intramolecular Hbond substituents is 1. The van der Waals surface area contributed by atoms with E-state index in [4.69, 9.17) is 0 Å². The van der Waals surface area contributed by atoms with Gasteiger partial charge in [0.2, 0.25) is 0 Å². The number of likely N-dealkylation sites (N-methyl/N-ethyl adjacent to an activating group) is 1. The van der Waals surface area contributed by atoms with Crippen molar-refractivity contribution in [3.63, 3.8) is 0 Å². The smallest absolute Gasteiger partial charge is 0.299 e. The predicted molar refractivity (Wildman–Crippen MR) is 54.6 cm³/mol. The SMILES string of the molecule is CNCC(O)c1ccc(O)c(O[N+](=O)[O-])c1. The molecule has 0 aromatic heterocycles.